The average molecular weight is 249 g/mol. The van der Waals surface area contributed by atoms with Crippen LogP contribution in [0.15, 0.2) is 0 Å². The molecule has 1 saturated heterocycles. The lowest BCUT2D eigenvalue weighted by Gasteiger charge is -2.17. The van der Waals surface area contributed by atoms with Gasteiger partial charge in [0.05, 0.1) is 12.1 Å². The van der Waals surface area contributed by atoms with Crippen molar-refractivity contribution < 1.29 is 9.90 Å². The molecule has 16 heavy (non-hydrogen) atoms. The zero-order valence-electron chi connectivity index (χ0n) is 9.45. The number of hydrogen-bond acceptors (Lipinski definition) is 3. The normalized spacial score (nSPS) is 33.4. The number of carbonyl (C=O) groups is 1. The highest BCUT2D eigenvalue weighted by molar-refractivity contribution is 5.85. The van der Waals surface area contributed by atoms with Crippen molar-refractivity contribution in [3.8, 4) is 0 Å². The van der Waals surface area contributed by atoms with Crippen molar-refractivity contribution in [2.45, 2.75) is 44.2 Å². The summed E-state index contributed by atoms with van der Waals surface area (Å²) < 4.78 is 0. The van der Waals surface area contributed by atoms with E-state index in [0.717, 1.165) is 38.6 Å². The van der Waals surface area contributed by atoms with E-state index < -0.39 is 0 Å². The number of rotatable bonds is 3. The maximum Gasteiger partial charge on any atom is 0.237 e. The van der Waals surface area contributed by atoms with Crippen LogP contribution < -0.4 is 10.6 Å². The van der Waals surface area contributed by atoms with Crippen LogP contribution >= 0.6 is 12.4 Å². The standard InChI is InChI=1S/C11H20N2O2.ClH/c14-10-5-1-3-8(10)7-13-11(15)9-4-2-6-12-9;/h8-10,12,14H,1-7H2,(H,13,15);1H/t8?,9-,10?;/m0./s1. The topological polar surface area (TPSA) is 61.4 Å². The first-order valence-corrected chi connectivity index (χ1v) is 5.96. The van der Waals surface area contributed by atoms with Crippen LogP contribution in [0.4, 0.5) is 0 Å². The third-order valence-electron chi connectivity index (χ3n) is 3.53. The van der Waals surface area contributed by atoms with Crippen LogP contribution in [0.1, 0.15) is 32.1 Å². The second kappa shape index (κ2) is 6.42. The van der Waals surface area contributed by atoms with Crippen LogP contribution in [0.2, 0.25) is 0 Å². The van der Waals surface area contributed by atoms with Crippen molar-refractivity contribution >= 4 is 18.3 Å². The second-order valence-corrected chi connectivity index (χ2v) is 4.65. The van der Waals surface area contributed by atoms with E-state index in [-0.39, 0.29) is 36.4 Å². The number of aliphatic hydroxyl groups is 1. The Bertz CT molecular complexity index is 232. The Hall–Kier alpha value is -0.320. The largest absolute Gasteiger partial charge is 0.393 e. The number of amides is 1. The molecule has 1 amide bonds. The summed E-state index contributed by atoms with van der Waals surface area (Å²) in [5.74, 6) is 0.377. The third kappa shape index (κ3) is 3.34. The Kier molecular flexibility index (Phi) is 5.52. The smallest absolute Gasteiger partial charge is 0.237 e. The molecule has 1 aliphatic heterocycles. The predicted octanol–water partition coefficient (Wildman–Crippen LogP) is 0.437. The highest BCUT2D eigenvalue weighted by Crippen LogP contribution is 2.24. The summed E-state index contributed by atoms with van der Waals surface area (Å²) in [5, 5.41) is 15.7. The molecule has 0 aromatic carbocycles. The summed E-state index contributed by atoms with van der Waals surface area (Å²) in [6.45, 7) is 1.59. The molecule has 2 aliphatic rings. The average Bonchev–Trinajstić information content (AvgIpc) is 2.85. The number of aliphatic hydroxyl groups excluding tert-OH is 1. The molecule has 1 heterocycles. The molecular formula is C11H21ClN2O2. The molecule has 94 valence electrons. The summed E-state index contributed by atoms with van der Waals surface area (Å²) in [6, 6.07) is 0.00328. The van der Waals surface area contributed by atoms with Crippen LogP contribution in [0.5, 0.6) is 0 Å². The first-order chi connectivity index (χ1) is 7.27. The number of halogens is 1. The monoisotopic (exact) mass is 248 g/mol. The van der Waals surface area contributed by atoms with Crippen LogP contribution in [0.3, 0.4) is 0 Å². The van der Waals surface area contributed by atoms with Gasteiger partial charge in [-0.2, -0.15) is 0 Å². The molecule has 4 nitrogen and oxygen atoms in total. The molecule has 2 fully saturated rings. The molecule has 1 aliphatic carbocycles. The van der Waals surface area contributed by atoms with Crippen molar-refractivity contribution in [2.75, 3.05) is 13.1 Å². The summed E-state index contributed by atoms with van der Waals surface area (Å²) in [7, 11) is 0. The first-order valence-electron chi connectivity index (χ1n) is 5.96. The minimum Gasteiger partial charge on any atom is -0.393 e. The lowest BCUT2D eigenvalue weighted by atomic mass is 10.1. The Morgan fingerprint density at radius 1 is 1.31 bits per heavy atom. The summed E-state index contributed by atoms with van der Waals surface area (Å²) in [5.41, 5.74) is 0. The maximum absolute atomic E-state index is 11.7. The number of carbonyl (C=O) groups excluding carboxylic acids is 1. The number of nitrogens with one attached hydrogen (secondary N) is 2. The second-order valence-electron chi connectivity index (χ2n) is 4.65. The first kappa shape index (κ1) is 13.7. The van der Waals surface area contributed by atoms with Gasteiger partial charge in [-0.3, -0.25) is 4.79 Å². The van der Waals surface area contributed by atoms with Gasteiger partial charge in [-0.15, -0.1) is 12.4 Å². The Balaban J connectivity index is 0.00000128. The van der Waals surface area contributed by atoms with Crippen molar-refractivity contribution in [1.29, 1.82) is 0 Å². The highest BCUT2D eigenvalue weighted by atomic mass is 35.5. The van der Waals surface area contributed by atoms with Gasteiger partial charge in [0.25, 0.3) is 0 Å². The van der Waals surface area contributed by atoms with Gasteiger partial charge in [-0.25, -0.2) is 0 Å². The van der Waals surface area contributed by atoms with E-state index in [9.17, 15) is 9.90 Å². The van der Waals surface area contributed by atoms with Gasteiger partial charge < -0.3 is 15.7 Å². The Morgan fingerprint density at radius 2 is 2.12 bits per heavy atom. The maximum atomic E-state index is 11.7. The molecule has 0 spiro atoms. The molecule has 0 bridgehead atoms. The van der Waals surface area contributed by atoms with Gasteiger partial charge >= 0.3 is 0 Å². The van der Waals surface area contributed by atoms with Crippen molar-refractivity contribution in [3.05, 3.63) is 0 Å². The SMILES string of the molecule is Cl.O=C(NCC1CCCC1O)[C@@H]1CCCN1. The minimum absolute atomic E-state index is 0. The van der Waals surface area contributed by atoms with E-state index in [4.69, 9.17) is 0 Å². The van der Waals surface area contributed by atoms with Crippen LogP contribution in [-0.2, 0) is 4.79 Å². The Morgan fingerprint density at radius 3 is 2.69 bits per heavy atom. The molecule has 3 N–H and O–H groups in total. The van der Waals surface area contributed by atoms with Gasteiger partial charge in [0.1, 0.15) is 0 Å². The van der Waals surface area contributed by atoms with E-state index in [1.54, 1.807) is 0 Å². The summed E-state index contributed by atoms with van der Waals surface area (Å²) in [4.78, 5) is 11.7. The van der Waals surface area contributed by atoms with Crippen LogP contribution in [0.25, 0.3) is 0 Å². The molecule has 2 unspecified atom stereocenters. The molecule has 2 rings (SSSR count). The van der Waals surface area contributed by atoms with Crippen molar-refractivity contribution in [1.82, 2.24) is 10.6 Å². The molecular weight excluding hydrogens is 228 g/mol. The lowest BCUT2D eigenvalue weighted by Crippen LogP contribution is -2.43. The van der Waals surface area contributed by atoms with E-state index >= 15 is 0 Å². The molecule has 0 aromatic rings. The zero-order chi connectivity index (χ0) is 10.7. The third-order valence-corrected chi connectivity index (χ3v) is 3.53. The molecule has 0 radical (unpaired) electrons. The molecule has 5 heteroatoms. The summed E-state index contributed by atoms with van der Waals surface area (Å²) in [6.07, 6.45) is 4.84. The Labute approximate surface area is 103 Å². The zero-order valence-corrected chi connectivity index (χ0v) is 10.3. The summed E-state index contributed by atoms with van der Waals surface area (Å²) >= 11 is 0. The number of hydrogen-bond donors (Lipinski definition) is 3. The predicted molar refractivity (Wildman–Crippen MR) is 64.6 cm³/mol. The van der Waals surface area contributed by atoms with E-state index in [2.05, 4.69) is 10.6 Å². The quantitative estimate of drug-likeness (QED) is 0.679. The van der Waals surface area contributed by atoms with Gasteiger partial charge in [-0.05, 0) is 32.2 Å². The van der Waals surface area contributed by atoms with E-state index in [1.807, 2.05) is 0 Å². The van der Waals surface area contributed by atoms with Crippen molar-refractivity contribution in [3.63, 3.8) is 0 Å². The van der Waals surface area contributed by atoms with E-state index in [1.165, 1.54) is 0 Å². The lowest BCUT2D eigenvalue weighted by molar-refractivity contribution is -0.123. The van der Waals surface area contributed by atoms with Gasteiger partial charge in [0, 0.05) is 12.5 Å². The molecule has 3 atom stereocenters. The van der Waals surface area contributed by atoms with Gasteiger partial charge in [0.15, 0.2) is 0 Å². The minimum atomic E-state index is -0.207. The fourth-order valence-corrected chi connectivity index (χ4v) is 2.52. The van der Waals surface area contributed by atoms with Crippen molar-refractivity contribution in [2.24, 2.45) is 5.92 Å². The van der Waals surface area contributed by atoms with Crippen LogP contribution in [-0.4, -0.2) is 36.2 Å². The van der Waals surface area contributed by atoms with E-state index in [0.29, 0.717) is 6.54 Å². The molecule has 1 saturated carbocycles. The van der Waals surface area contributed by atoms with Gasteiger partial charge in [0.2, 0.25) is 5.91 Å². The van der Waals surface area contributed by atoms with Gasteiger partial charge in [-0.1, -0.05) is 6.42 Å². The van der Waals surface area contributed by atoms with Crippen LogP contribution in [0, 0.1) is 5.92 Å². The molecule has 0 aromatic heterocycles. The fourth-order valence-electron chi connectivity index (χ4n) is 2.52. The highest BCUT2D eigenvalue weighted by Gasteiger charge is 2.27. The fraction of sp³-hybridized carbons (Fsp3) is 0.909.